The van der Waals surface area contributed by atoms with Crippen molar-refractivity contribution in [1.29, 1.82) is 0 Å². The van der Waals surface area contributed by atoms with Crippen LogP contribution in [-0.4, -0.2) is 48.8 Å². The molecule has 1 atom stereocenters. The largest absolute Gasteiger partial charge is 0.449 e. The molecular weight excluding hydrogens is 432 g/mol. The van der Waals surface area contributed by atoms with Gasteiger partial charge >= 0.3 is 6.09 Å². The average Bonchev–Trinajstić information content (AvgIpc) is 3.07. The number of anilines is 1. The summed E-state index contributed by atoms with van der Waals surface area (Å²) in [7, 11) is 1.57. The first-order valence-electron chi connectivity index (χ1n) is 10.5. The van der Waals surface area contributed by atoms with Crippen LogP contribution in [0.1, 0.15) is 40.6 Å². The van der Waals surface area contributed by atoms with Crippen molar-refractivity contribution in [3.63, 3.8) is 0 Å². The van der Waals surface area contributed by atoms with Gasteiger partial charge in [-0.3, -0.25) is 9.69 Å². The van der Waals surface area contributed by atoms with Gasteiger partial charge < -0.3 is 19.8 Å². The highest BCUT2D eigenvalue weighted by Crippen LogP contribution is 2.25. The van der Waals surface area contributed by atoms with Crippen molar-refractivity contribution in [1.82, 2.24) is 15.3 Å². The van der Waals surface area contributed by atoms with E-state index in [1.807, 2.05) is 13.0 Å². The van der Waals surface area contributed by atoms with Gasteiger partial charge in [0.1, 0.15) is 11.9 Å². The van der Waals surface area contributed by atoms with E-state index in [1.165, 1.54) is 0 Å². The second-order valence-electron chi connectivity index (χ2n) is 7.74. The number of ether oxygens (including phenoxy) is 2. The van der Waals surface area contributed by atoms with E-state index in [-0.39, 0.29) is 18.6 Å². The molecule has 0 aliphatic carbocycles. The second kappa shape index (κ2) is 9.58. The molecule has 4 rings (SSSR count). The molecular formula is C23H25ClN4O4. The normalized spacial score (nSPS) is 15.3. The Morgan fingerprint density at radius 2 is 2.16 bits per heavy atom. The molecule has 1 aromatic heterocycles. The van der Waals surface area contributed by atoms with Gasteiger partial charge in [0, 0.05) is 29.9 Å². The molecule has 1 saturated heterocycles. The standard InChI is InChI=1S/C23H25ClN4O4/c1-14-11-15(5-8-20(14)28-9-3-4-10-32-23(28)30)22(29)27-19(13-31-2)21-25-17-7-6-16(24)12-18(17)26-21/h5-8,11-12,19H,3-4,9-10,13H2,1-2H3,(H,25,26)(H,27,29)/t19-/m0/s1. The van der Waals surface area contributed by atoms with Gasteiger partial charge in [-0.2, -0.15) is 0 Å². The van der Waals surface area contributed by atoms with Gasteiger partial charge in [0.2, 0.25) is 0 Å². The molecule has 1 aliphatic rings. The van der Waals surface area contributed by atoms with Crippen molar-refractivity contribution in [3.05, 3.63) is 58.4 Å². The molecule has 2 N–H and O–H groups in total. The number of aromatic amines is 1. The molecule has 0 radical (unpaired) electrons. The second-order valence-corrected chi connectivity index (χ2v) is 8.18. The Balaban J connectivity index is 1.54. The van der Waals surface area contributed by atoms with Crippen molar-refractivity contribution in [3.8, 4) is 0 Å². The van der Waals surface area contributed by atoms with Gasteiger partial charge in [0.05, 0.1) is 24.2 Å². The SMILES string of the molecule is COC[C@H](NC(=O)c1ccc(N2CCCCOC2=O)c(C)c1)c1nc2cc(Cl)ccc2[nH]1. The number of aromatic nitrogens is 2. The van der Waals surface area contributed by atoms with E-state index in [1.54, 1.807) is 42.3 Å². The maximum Gasteiger partial charge on any atom is 0.414 e. The molecule has 1 aliphatic heterocycles. The fraction of sp³-hybridized carbons (Fsp3) is 0.348. The van der Waals surface area contributed by atoms with Gasteiger partial charge in [-0.1, -0.05) is 11.6 Å². The number of hydrogen-bond acceptors (Lipinski definition) is 5. The highest BCUT2D eigenvalue weighted by Gasteiger charge is 2.23. The molecule has 1 fully saturated rings. The fourth-order valence-electron chi connectivity index (χ4n) is 3.78. The summed E-state index contributed by atoms with van der Waals surface area (Å²) in [6, 6.07) is 10.2. The van der Waals surface area contributed by atoms with Crippen LogP contribution in [0.15, 0.2) is 36.4 Å². The number of carbonyl (C=O) groups excluding carboxylic acids is 2. The summed E-state index contributed by atoms with van der Waals surface area (Å²) >= 11 is 6.05. The molecule has 0 saturated carbocycles. The minimum absolute atomic E-state index is 0.246. The first-order valence-corrected chi connectivity index (χ1v) is 10.8. The minimum Gasteiger partial charge on any atom is -0.449 e. The number of nitrogens with one attached hydrogen (secondary N) is 2. The first kappa shape index (κ1) is 22.1. The zero-order chi connectivity index (χ0) is 22.7. The number of rotatable bonds is 6. The Morgan fingerprint density at radius 3 is 2.94 bits per heavy atom. The van der Waals surface area contributed by atoms with Gasteiger partial charge in [0.15, 0.2) is 0 Å². The number of methoxy groups -OCH3 is 1. The van der Waals surface area contributed by atoms with Crippen molar-refractivity contribution in [2.45, 2.75) is 25.8 Å². The predicted octanol–water partition coefficient (Wildman–Crippen LogP) is 4.38. The third-order valence-electron chi connectivity index (χ3n) is 5.40. The van der Waals surface area contributed by atoms with Crippen LogP contribution in [-0.2, 0) is 9.47 Å². The third-order valence-corrected chi connectivity index (χ3v) is 5.64. The van der Waals surface area contributed by atoms with E-state index in [4.69, 9.17) is 21.1 Å². The Hall–Kier alpha value is -3.10. The molecule has 0 spiro atoms. The number of fused-ring (bicyclic) bond motifs is 1. The summed E-state index contributed by atoms with van der Waals surface area (Å²) in [5.41, 5.74) is 3.58. The van der Waals surface area contributed by atoms with E-state index < -0.39 is 6.04 Å². The summed E-state index contributed by atoms with van der Waals surface area (Å²) in [5.74, 6) is 0.316. The molecule has 2 amide bonds. The lowest BCUT2D eigenvalue weighted by atomic mass is 10.1. The van der Waals surface area contributed by atoms with Gasteiger partial charge in [-0.15, -0.1) is 0 Å². The highest BCUT2D eigenvalue weighted by molar-refractivity contribution is 6.31. The zero-order valence-corrected chi connectivity index (χ0v) is 18.7. The maximum absolute atomic E-state index is 13.0. The molecule has 32 heavy (non-hydrogen) atoms. The minimum atomic E-state index is -0.473. The fourth-order valence-corrected chi connectivity index (χ4v) is 3.95. The van der Waals surface area contributed by atoms with Crippen LogP contribution in [0.4, 0.5) is 10.5 Å². The molecule has 3 aromatic rings. The van der Waals surface area contributed by atoms with Crippen molar-refractivity contribution in [2.75, 3.05) is 31.8 Å². The molecule has 0 bridgehead atoms. The predicted molar refractivity (Wildman–Crippen MR) is 122 cm³/mol. The summed E-state index contributed by atoms with van der Waals surface area (Å²) in [6.45, 7) is 3.15. The Morgan fingerprint density at radius 1 is 1.31 bits per heavy atom. The topological polar surface area (TPSA) is 96.6 Å². The summed E-state index contributed by atoms with van der Waals surface area (Å²) in [4.78, 5) is 34.6. The number of nitrogens with zero attached hydrogens (tertiary/aromatic N) is 2. The van der Waals surface area contributed by atoms with Gasteiger partial charge in [-0.25, -0.2) is 9.78 Å². The Labute approximate surface area is 190 Å². The summed E-state index contributed by atoms with van der Waals surface area (Å²) in [5, 5.41) is 3.56. The van der Waals surface area contributed by atoms with Crippen molar-refractivity contribution < 1.29 is 19.1 Å². The van der Waals surface area contributed by atoms with E-state index in [0.29, 0.717) is 35.1 Å². The Bertz CT molecular complexity index is 1150. The number of aryl methyl sites for hydroxylation is 1. The van der Waals surface area contributed by atoms with Crippen LogP contribution in [0.25, 0.3) is 11.0 Å². The van der Waals surface area contributed by atoms with Crippen molar-refractivity contribution in [2.24, 2.45) is 0 Å². The molecule has 0 unspecified atom stereocenters. The van der Waals surface area contributed by atoms with Crippen LogP contribution in [0, 0.1) is 6.92 Å². The lowest BCUT2D eigenvalue weighted by Crippen LogP contribution is -2.33. The summed E-state index contributed by atoms with van der Waals surface area (Å²) in [6.07, 6.45) is 1.36. The summed E-state index contributed by atoms with van der Waals surface area (Å²) < 4.78 is 10.5. The first-order chi connectivity index (χ1) is 15.5. The number of imidazole rings is 1. The highest BCUT2D eigenvalue weighted by atomic mass is 35.5. The van der Waals surface area contributed by atoms with E-state index in [9.17, 15) is 9.59 Å². The number of halogens is 1. The number of hydrogen-bond donors (Lipinski definition) is 2. The molecule has 168 valence electrons. The Kier molecular flexibility index (Phi) is 6.62. The average molecular weight is 457 g/mol. The molecule has 2 heterocycles. The van der Waals surface area contributed by atoms with Crippen LogP contribution in [0.3, 0.4) is 0 Å². The monoisotopic (exact) mass is 456 g/mol. The van der Waals surface area contributed by atoms with E-state index >= 15 is 0 Å². The number of cyclic esters (lactones) is 1. The number of benzene rings is 2. The van der Waals surface area contributed by atoms with E-state index in [0.717, 1.165) is 29.6 Å². The van der Waals surface area contributed by atoms with Gasteiger partial charge in [0.25, 0.3) is 5.91 Å². The zero-order valence-electron chi connectivity index (χ0n) is 18.0. The third kappa shape index (κ3) is 4.71. The quantitative estimate of drug-likeness (QED) is 0.573. The van der Waals surface area contributed by atoms with E-state index in [2.05, 4.69) is 15.3 Å². The maximum atomic E-state index is 13.0. The molecule has 9 heteroatoms. The van der Waals surface area contributed by atoms with Crippen LogP contribution < -0.4 is 10.2 Å². The smallest absolute Gasteiger partial charge is 0.414 e. The molecule has 8 nitrogen and oxygen atoms in total. The van der Waals surface area contributed by atoms with Crippen LogP contribution in [0.5, 0.6) is 0 Å². The van der Waals surface area contributed by atoms with Crippen LogP contribution >= 0.6 is 11.6 Å². The molecule has 2 aromatic carbocycles. The number of carbonyl (C=O) groups is 2. The lowest BCUT2D eigenvalue weighted by molar-refractivity contribution is 0.0892. The number of H-pyrrole nitrogens is 1. The van der Waals surface area contributed by atoms with Gasteiger partial charge in [-0.05, 0) is 61.7 Å². The van der Waals surface area contributed by atoms with Crippen molar-refractivity contribution >= 4 is 40.3 Å². The van der Waals surface area contributed by atoms with Crippen LogP contribution in [0.2, 0.25) is 5.02 Å². The lowest BCUT2D eigenvalue weighted by Gasteiger charge is -2.22. The number of amides is 2.